The van der Waals surface area contributed by atoms with Crippen LogP contribution in [0, 0.1) is 0 Å². The Bertz CT molecular complexity index is 25.6. The van der Waals surface area contributed by atoms with E-state index in [1.165, 1.54) is 12.8 Å². The number of ether oxygens (including phenoxy) is 1. The molecule has 0 spiro atoms. The van der Waals surface area contributed by atoms with Crippen LogP contribution in [0.3, 0.4) is 0 Å². The van der Waals surface area contributed by atoms with Gasteiger partial charge in [-0.25, -0.2) is 0 Å². The van der Waals surface area contributed by atoms with Gasteiger partial charge in [-0.05, 0) is 12.8 Å². The van der Waals surface area contributed by atoms with E-state index in [1.54, 1.807) is 0 Å². The van der Waals surface area contributed by atoms with Crippen LogP contribution in [0.25, 0.3) is 0 Å². The summed E-state index contributed by atoms with van der Waals surface area (Å²) in [7, 11) is 0. The zero-order valence-corrected chi connectivity index (χ0v) is 7.87. The van der Waals surface area contributed by atoms with E-state index in [4.69, 9.17) is 4.74 Å². The maximum Gasteiger partial charge on any atom is 1.00 e. The predicted molar refractivity (Wildman–Crippen MR) is 23.7 cm³/mol. The first-order valence-corrected chi connectivity index (χ1v) is 2.08. The fourth-order valence-corrected chi connectivity index (χ4v) is 0.510. The van der Waals surface area contributed by atoms with E-state index in [1.807, 2.05) is 0 Å². The fraction of sp³-hybridized carbons (Fsp3) is 1.00. The molecule has 2 nitrogen and oxygen atoms in total. The van der Waals surface area contributed by atoms with E-state index >= 15 is 0 Å². The topological polar surface area (TPSA) is 40.7 Å². The maximum atomic E-state index is 4.94. The van der Waals surface area contributed by atoms with Gasteiger partial charge in [0.1, 0.15) is 0 Å². The van der Waals surface area contributed by atoms with Crippen LogP contribution in [0.1, 0.15) is 12.8 Å². The van der Waals surface area contributed by atoms with E-state index in [0.717, 1.165) is 13.2 Å². The molecule has 1 rings (SSSR count). The monoisotopic (exact) mass is 148 g/mol. The Balaban J connectivity index is -0.0000000833. The van der Waals surface area contributed by atoms with Gasteiger partial charge in [-0.2, -0.15) is 0 Å². The summed E-state index contributed by atoms with van der Waals surface area (Å²) in [6.45, 7) is 2.00. The van der Waals surface area contributed by atoms with Crippen LogP contribution in [0.4, 0.5) is 0 Å². The molecule has 0 aromatic heterocycles. The van der Waals surface area contributed by atoms with E-state index in [2.05, 4.69) is 0 Å². The predicted octanol–water partition coefficient (Wildman–Crippen LogP) is -6.02. The molecule has 46 valence electrons. The molecule has 1 saturated heterocycles. The summed E-state index contributed by atoms with van der Waals surface area (Å²) in [6, 6.07) is 0. The van der Waals surface area contributed by atoms with Crippen LogP contribution in [0.15, 0.2) is 0 Å². The summed E-state index contributed by atoms with van der Waals surface area (Å²) < 4.78 is 4.94. The molecular formula is C4H10ClNaO2. The smallest absolute Gasteiger partial charge is 1.00 e. The van der Waals surface area contributed by atoms with Crippen molar-refractivity contribution in [2.45, 2.75) is 12.8 Å². The number of hydrogen-bond donors (Lipinski definition) is 0. The van der Waals surface area contributed by atoms with Crippen LogP contribution in [-0.4, -0.2) is 18.7 Å². The first-order chi connectivity index (χ1) is 2.50. The van der Waals surface area contributed by atoms with Crippen LogP contribution in [0.5, 0.6) is 0 Å². The van der Waals surface area contributed by atoms with Gasteiger partial charge in [0.2, 0.25) is 0 Å². The SMILES string of the molecule is C1CCOC1.O.[Cl-].[Na+]. The standard InChI is InChI=1S/C4H8O.ClH.Na.H2O/c1-2-4-5-3-1;;;/h1-4H2;1H;;1H2/q;;+1;/p-1. The first kappa shape index (κ1) is 16.1. The molecule has 0 unspecified atom stereocenters. The summed E-state index contributed by atoms with van der Waals surface area (Å²) in [4.78, 5) is 0. The zero-order valence-electron chi connectivity index (χ0n) is 5.11. The van der Waals surface area contributed by atoms with Crippen molar-refractivity contribution in [3.63, 3.8) is 0 Å². The van der Waals surface area contributed by atoms with Gasteiger partial charge in [0.25, 0.3) is 0 Å². The minimum absolute atomic E-state index is 0. The van der Waals surface area contributed by atoms with Crippen molar-refractivity contribution in [3.05, 3.63) is 0 Å². The third-order valence-corrected chi connectivity index (χ3v) is 0.827. The van der Waals surface area contributed by atoms with Gasteiger partial charge < -0.3 is 22.6 Å². The molecule has 8 heavy (non-hydrogen) atoms. The van der Waals surface area contributed by atoms with Gasteiger partial charge in [0, 0.05) is 13.2 Å². The number of hydrogen-bond acceptors (Lipinski definition) is 1. The molecule has 0 aliphatic carbocycles. The molecule has 0 radical (unpaired) electrons. The maximum absolute atomic E-state index is 4.94. The van der Waals surface area contributed by atoms with Crippen molar-refractivity contribution in [2.24, 2.45) is 0 Å². The Morgan fingerprint density at radius 1 is 1.00 bits per heavy atom. The van der Waals surface area contributed by atoms with Crippen molar-refractivity contribution < 1.29 is 52.2 Å². The molecule has 0 aromatic rings. The minimum atomic E-state index is 0. The molecule has 0 amide bonds. The van der Waals surface area contributed by atoms with Gasteiger partial charge in [0.15, 0.2) is 0 Å². The van der Waals surface area contributed by atoms with Crippen molar-refractivity contribution in [3.8, 4) is 0 Å². The molecule has 2 N–H and O–H groups in total. The van der Waals surface area contributed by atoms with Crippen molar-refractivity contribution >= 4 is 0 Å². The molecule has 0 aromatic carbocycles. The van der Waals surface area contributed by atoms with E-state index < -0.39 is 0 Å². The quantitative estimate of drug-likeness (QED) is 0.316. The molecule has 1 fully saturated rings. The average molecular weight is 149 g/mol. The normalized spacial score (nSPS) is 15.0. The summed E-state index contributed by atoms with van der Waals surface area (Å²) in [5.74, 6) is 0. The van der Waals surface area contributed by atoms with Crippen molar-refractivity contribution in [1.29, 1.82) is 0 Å². The summed E-state index contributed by atoms with van der Waals surface area (Å²) in [6.07, 6.45) is 2.56. The van der Waals surface area contributed by atoms with Crippen molar-refractivity contribution in [1.82, 2.24) is 0 Å². The molecular weight excluding hydrogens is 138 g/mol. The van der Waals surface area contributed by atoms with Gasteiger partial charge in [-0.1, -0.05) is 0 Å². The van der Waals surface area contributed by atoms with Gasteiger partial charge in [-0.15, -0.1) is 0 Å². The van der Waals surface area contributed by atoms with Gasteiger partial charge >= 0.3 is 29.6 Å². The Kier molecular flexibility index (Phi) is 22.3. The molecule has 1 aliphatic rings. The second-order valence-electron chi connectivity index (χ2n) is 1.32. The van der Waals surface area contributed by atoms with Crippen LogP contribution in [0.2, 0.25) is 0 Å². The first-order valence-electron chi connectivity index (χ1n) is 2.08. The molecule has 4 heteroatoms. The molecule has 0 atom stereocenters. The number of halogens is 1. The van der Waals surface area contributed by atoms with Crippen LogP contribution in [-0.2, 0) is 4.74 Å². The average Bonchev–Trinajstić information content (AvgIpc) is 1.76. The van der Waals surface area contributed by atoms with E-state index in [0.29, 0.717) is 0 Å². The Morgan fingerprint density at radius 3 is 1.50 bits per heavy atom. The van der Waals surface area contributed by atoms with Crippen LogP contribution >= 0.6 is 0 Å². The largest absolute Gasteiger partial charge is 1.00 e. The Labute approximate surface area is 78.0 Å². The third-order valence-electron chi connectivity index (χ3n) is 0.827. The van der Waals surface area contributed by atoms with E-state index in [9.17, 15) is 0 Å². The summed E-state index contributed by atoms with van der Waals surface area (Å²) in [5.41, 5.74) is 0. The Hall–Kier alpha value is 1.21. The second kappa shape index (κ2) is 11.1. The summed E-state index contributed by atoms with van der Waals surface area (Å²) in [5, 5.41) is 0. The molecule has 0 bridgehead atoms. The van der Waals surface area contributed by atoms with E-state index in [-0.39, 0.29) is 47.4 Å². The second-order valence-corrected chi connectivity index (χ2v) is 1.32. The Morgan fingerprint density at radius 2 is 1.38 bits per heavy atom. The van der Waals surface area contributed by atoms with Gasteiger partial charge in [-0.3, -0.25) is 0 Å². The van der Waals surface area contributed by atoms with Crippen LogP contribution < -0.4 is 42.0 Å². The zero-order chi connectivity index (χ0) is 3.54. The fourth-order valence-electron chi connectivity index (χ4n) is 0.510. The number of rotatable bonds is 0. The van der Waals surface area contributed by atoms with Gasteiger partial charge in [0.05, 0.1) is 0 Å². The minimum Gasteiger partial charge on any atom is -1.00 e. The third kappa shape index (κ3) is 7.21. The summed E-state index contributed by atoms with van der Waals surface area (Å²) >= 11 is 0. The molecule has 1 aliphatic heterocycles. The van der Waals surface area contributed by atoms with Crippen molar-refractivity contribution in [2.75, 3.05) is 13.2 Å². The molecule has 0 saturated carbocycles. The molecule has 1 heterocycles.